The Morgan fingerprint density at radius 1 is 0.970 bits per heavy atom. The second-order valence-electron chi connectivity index (χ2n) is 7.47. The van der Waals surface area contributed by atoms with Gasteiger partial charge in [0.25, 0.3) is 5.91 Å². The van der Waals surface area contributed by atoms with Gasteiger partial charge in [0, 0.05) is 24.1 Å². The van der Waals surface area contributed by atoms with E-state index in [2.05, 4.69) is 15.5 Å². The van der Waals surface area contributed by atoms with E-state index in [9.17, 15) is 9.59 Å². The first-order chi connectivity index (χ1) is 16.0. The van der Waals surface area contributed by atoms with Crippen molar-refractivity contribution in [2.24, 2.45) is 0 Å². The van der Waals surface area contributed by atoms with Crippen LogP contribution < -0.4 is 14.8 Å². The van der Waals surface area contributed by atoms with Gasteiger partial charge < -0.3 is 19.3 Å². The van der Waals surface area contributed by atoms with Crippen LogP contribution in [-0.2, 0) is 6.42 Å². The molecular weight excluding hydrogens is 422 g/mol. The molecule has 0 radical (unpaired) electrons. The number of ether oxygens (including phenoxy) is 2. The van der Waals surface area contributed by atoms with Gasteiger partial charge in [-0.15, -0.1) is 0 Å². The van der Waals surface area contributed by atoms with Gasteiger partial charge in [-0.25, -0.2) is 0 Å². The maximum Gasteiger partial charge on any atom is 0.252 e. The van der Waals surface area contributed by atoms with Gasteiger partial charge in [-0.05, 0) is 44.0 Å². The summed E-state index contributed by atoms with van der Waals surface area (Å²) in [6.07, 6.45) is 2.10. The van der Waals surface area contributed by atoms with E-state index in [-0.39, 0.29) is 11.7 Å². The molecule has 1 aromatic heterocycles. The van der Waals surface area contributed by atoms with Crippen molar-refractivity contribution in [3.8, 4) is 11.5 Å². The van der Waals surface area contributed by atoms with Gasteiger partial charge in [-0.2, -0.15) is 4.98 Å². The number of carbonyl (C=O) groups excluding carboxylic acids is 2. The average Bonchev–Trinajstić information content (AvgIpc) is 3.25. The lowest BCUT2D eigenvalue weighted by Gasteiger charge is -2.14. The quantitative estimate of drug-likeness (QED) is 0.412. The van der Waals surface area contributed by atoms with Crippen molar-refractivity contribution < 1.29 is 23.6 Å². The van der Waals surface area contributed by atoms with Crippen molar-refractivity contribution in [3.05, 3.63) is 70.9 Å². The number of hydrogen-bond acceptors (Lipinski definition) is 7. The summed E-state index contributed by atoms with van der Waals surface area (Å²) in [6, 6.07) is 11.8. The molecule has 0 bridgehead atoms. The molecule has 0 saturated carbocycles. The van der Waals surface area contributed by atoms with Gasteiger partial charge in [0.15, 0.2) is 23.1 Å². The highest BCUT2D eigenvalue weighted by molar-refractivity contribution is 6.15. The molecule has 0 aliphatic carbocycles. The standard InChI is InChI=1S/C25H29N3O5/c1-4-14-31-21-11-10-18(16-22(21)32-15-5-2)24(29)19-8-6-7-9-20(19)25(30)26-13-12-23-27-17(3)28-33-23/h6-11,16H,4-5,12-15H2,1-3H3,(H,26,30). The van der Waals surface area contributed by atoms with Crippen molar-refractivity contribution >= 4 is 11.7 Å². The Balaban J connectivity index is 1.77. The third-order valence-electron chi connectivity index (χ3n) is 4.74. The van der Waals surface area contributed by atoms with Crippen molar-refractivity contribution in [1.82, 2.24) is 15.5 Å². The summed E-state index contributed by atoms with van der Waals surface area (Å²) >= 11 is 0. The molecule has 8 nitrogen and oxygen atoms in total. The number of benzene rings is 2. The molecule has 0 spiro atoms. The summed E-state index contributed by atoms with van der Waals surface area (Å²) < 4.78 is 16.6. The number of amides is 1. The maximum absolute atomic E-state index is 13.3. The number of nitrogens with one attached hydrogen (secondary N) is 1. The predicted octanol–water partition coefficient (Wildman–Crippen LogP) is 4.16. The molecule has 0 aliphatic rings. The Kier molecular flexibility index (Phi) is 8.57. The van der Waals surface area contributed by atoms with E-state index in [4.69, 9.17) is 14.0 Å². The summed E-state index contributed by atoms with van der Waals surface area (Å²) in [5.74, 6) is 1.50. The van der Waals surface area contributed by atoms with Crippen LogP contribution in [0.2, 0.25) is 0 Å². The average molecular weight is 452 g/mol. The molecule has 33 heavy (non-hydrogen) atoms. The number of carbonyl (C=O) groups is 2. The monoisotopic (exact) mass is 451 g/mol. The van der Waals surface area contributed by atoms with Gasteiger partial charge in [-0.3, -0.25) is 9.59 Å². The SMILES string of the molecule is CCCOc1ccc(C(=O)c2ccccc2C(=O)NCCc2nc(C)no2)cc1OCCC. The lowest BCUT2D eigenvalue weighted by molar-refractivity contribution is 0.0942. The third-order valence-corrected chi connectivity index (χ3v) is 4.74. The molecule has 1 amide bonds. The van der Waals surface area contributed by atoms with Gasteiger partial charge in [0.05, 0.1) is 18.8 Å². The number of nitrogens with zero attached hydrogens (tertiary/aromatic N) is 2. The molecule has 174 valence electrons. The highest BCUT2D eigenvalue weighted by atomic mass is 16.5. The molecule has 0 saturated heterocycles. The first-order valence-corrected chi connectivity index (χ1v) is 11.1. The third kappa shape index (κ3) is 6.41. The fourth-order valence-electron chi connectivity index (χ4n) is 3.16. The van der Waals surface area contributed by atoms with E-state index in [0.29, 0.717) is 66.1 Å². The van der Waals surface area contributed by atoms with E-state index < -0.39 is 0 Å². The van der Waals surface area contributed by atoms with E-state index in [1.165, 1.54) is 0 Å². The molecule has 0 unspecified atom stereocenters. The molecule has 1 N–H and O–H groups in total. The molecule has 8 heteroatoms. The summed E-state index contributed by atoms with van der Waals surface area (Å²) in [7, 11) is 0. The second kappa shape index (κ2) is 11.8. The van der Waals surface area contributed by atoms with E-state index in [1.54, 1.807) is 49.4 Å². The van der Waals surface area contributed by atoms with Crippen LogP contribution in [0.25, 0.3) is 0 Å². The van der Waals surface area contributed by atoms with Crippen molar-refractivity contribution in [3.63, 3.8) is 0 Å². The summed E-state index contributed by atoms with van der Waals surface area (Å²) in [5.41, 5.74) is 1.03. The topological polar surface area (TPSA) is 104 Å². The Bertz CT molecular complexity index is 1090. The van der Waals surface area contributed by atoms with E-state index in [1.807, 2.05) is 13.8 Å². The summed E-state index contributed by atoms with van der Waals surface area (Å²) in [6.45, 7) is 7.14. The van der Waals surface area contributed by atoms with Crippen molar-refractivity contribution in [1.29, 1.82) is 0 Å². The molecule has 1 heterocycles. The number of rotatable bonds is 12. The molecule has 0 atom stereocenters. The zero-order valence-corrected chi connectivity index (χ0v) is 19.2. The fraction of sp³-hybridized carbons (Fsp3) is 0.360. The van der Waals surface area contributed by atoms with Gasteiger partial charge in [-0.1, -0.05) is 37.2 Å². The van der Waals surface area contributed by atoms with Crippen LogP contribution in [0.1, 0.15) is 64.7 Å². The number of ketones is 1. The lowest BCUT2D eigenvalue weighted by atomic mass is 9.97. The van der Waals surface area contributed by atoms with Crippen LogP contribution in [0.5, 0.6) is 11.5 Å². The van der Waals surface area contributed by atoms with Crippen LogP contribution in [-0.4, -0.2) is 41.6 Å². The fourth-order valence-corrected chi connectivity index (χ4v) is 3.16. The molecule has 0 aliphatic heterocycles. The minimum atomic E-state index is -0.347. The maximum atomic E-state index is 13.3. The number of hydrogen-bond donors (Lipinski definition) is 1. The second-order valence-corrected chi connectivity index (χ2v) is 7.47. The zero-order chi connectivity index (χ0) is 23.6. The highest BCUT2D eigenvalue weighted by Crippen LogP contribution is 2.30. The van der Waals surface area contributed by atoms with Gasteiger partial charge in [0.2, 0.25) is 5.89 Å². The number of aryl methyl sites for hydroxylation is 1. The van der Waals surface area contributed by atoms with Gasteiger partial charge in [0.1, 0.15) is 0 Å². The first kappa shape index (κ1) is 24.0. The summed E-state index contributed by atoms with van der Waals surface area (Å²) in [5, 5.41) is 6.54. The lowest BCUT2D eigenvalue weighted by Crippen LogP contribution is -2.27. The smallest absolute Gasteiger partial charge is 0.252 e. The van der Waals surface area contributed by atoms with Crippen LogP contribution in [0.4, 0.5) is 0 Å². The zero-order valence-electron chi connectivity index (χ0n) is 19.2. The van der Waals surface area contributed by atoms with E-state index in [0.717, 1.165) is 12.8 Å². The minimum absolute atomic E-state index is 0.267. The first-order valence-electron chi connectivity index (χ1n) is 11.1. The highest BCUT2D eigenvalue weighted by Gasteiger charge is 2.20. The van der Waals surface area contributed by atoms with Crippen LogP contribution in [0.15, 0.2) is 47.0 Å². The van der Waals surface area contributed by atoms with E-state index >= 15 is 0 Å². The predicted molar refractivity (Wildman–Crippen MR) is 123 cm³/mol. The van der Waals surface area contributed by atoms with Crippen molar-refractivity contribution in [2.45, 2.75) is 40.0 Å². The molecule has 3 rings (SSSR count). The largest absolute Gasteiger partial charge is 0.490 e. The summed E-state index contributed by atoms with van der Waals surface area (Å²) in [4.78, 5) is 30.2. The molecule has 3 aromatic rings. The Morgan fingerprint density at radius 3 is 2.33 bits per heavy atom. The minimum Gasteiger partial charge on any atom is -0.490 e. The Hall–Kier alpha value is -3.68. The van der Waals surface area contributed by atoms with Crippen LogP contribution in [0, 0.1) is 6.92 Å². The van der Waals surface area contributed by atoms with Crippen LogP contribution >= 0.6 is 0 Å². The molecular formula is C25H29N3O5. The Morgan fingerprint density at radius 2 is 1.67 bits per heavy atom. The van der Waals surface area contributed by atoms with Crippen LogP contribution in [0.3, 0.4) is 0 Å². The Labute approximate surface area is 193 Å². The van der Waals surface area contributed by atoms with Crippen molar-refractivity contribution in [2.75, 3.05) is 19.8 Å². The normalized spacial score (nSPS) is 10.6. The molecule has 0 fully saturated rings. The molecule has 2 aromatic carbocycles. The van der Waals surface area contributed by atoms with Gasteiger partial charge >= 0.3 is 0 Å². The number of aromatic nitrogens is 2.